The SMILES string of the molecule is CCCOc1cncc(Br)c1. The van der Waals surface area contributed by atoms with Crippen LogP contribution in [-0.4, -0.2) is 11.6 Å². The van der Waals surface area contributed by atoms with E-state index in [1.54, 1.807) is 12.4 Å². The van der Waals surface area contributed by atoms with Crippen molar-refractivity contribution in [3.8, 4) is 5.75 Å². The summed E-state index contributed by atoms with van der Waals surface area (Å²) in [7, 11) is 0. The number of hydrogen-bond acceptors (Lipinski definition) is 2. The molecule has 0 aromatic carbocycles. The summed E-state index contributed by atoms with van der Waals surface area (Å²) < 4.78 is 6.29. The third kappa shape index (κ3) is 2.89. The van der Waals surface area contributed by atoms with Gasteiger partial charge in [-0.15, -0.1) is 0 Å². The molecule has 0 bridgehead atoms. The Morgan fingerprint density at radius 2 is 2.36 bits per heavy atom. The number of nitrogens with zero attached hydrogens (tertiary/aromatic N) is 1. The minimum absolute atomic E-state index is 0.748. The predicted octanol–water partition coefficient (Wildman–Crippen LogP) is 2.63. The third-order valence-electron chi connectivity index (χ3n) is 1.15. The number of rotatable bonds is 3. The Morgan fingerprint density at radius 1 is 1.55 bits per heavy atom. The molecule has 0 aliphatic heterocycles. The minimum atomic E-state index is 0.748. The van der Waals surface area contributed by atoms with Gasteiger partial charge < -0.3 is 4.74 Å². The molecule has 1 aromatic heterocycles. The number of halogens is 1. The van der Waals surface area contributed by atoms with Crippen LogP contribution in [0, 0.1) is 0 Å². The standard InChI is InChI=1S/C8H10BrNO/c1-2-3-11-8-4-7(9)5-10-6-8/h4-6H,2-3H2,1H3. The first-order valence-electron chi connectivity index (χ1n) is 3.56. The fourth-order valence-corrected chi connectivity index (χ4v) is 1.04. The zero-order valence-electron chi connectivity index (χ0n) is 6.38. The largest absolute Gasteiger partial charge is 0.492 e. The summed E-state index contributed by atoms with van der Waals surface area (Å²) in [6.07, 6.45) is 4.46. The maximum Gasteiger partial charge on any atom is 0.138 e. The molecular weight excluding hydrogens is 206 g/mol. The Hall–Kier alpha value is -0.570. The van der Waals surface area contributed by atoms with Crippen LogP contribution in [0.5, 0.6) is 5.75 Å². The van der Waals surface area contributed by atoms with Crippen LogP contribution in [0.2, 0.25) is 0 Å². The van der Waals surface area contributed by atoms with Crippen molar-refractivity contribution in [2.24, 2.45) is 0 Å². The van der Waals surface area contributed by atoms with E-state index >= 15 is 0 Å². The molecule has 1 rings (SSSR count). The second kappa shape index (κ2) is 4.34. The summed E-state index contributed by atoms with van der Waals surface area (Å²) in [6, 6.07) is 1.91. The molecular formula is C8H10BrNO. The first-order chi connectivity index (χ1) is 5.33. The van der Waals surface area contributed by atoms with E-state index < -0.39 is 0 Å². The average Bonchev–Trinajstić information content (AvgIpc) is 2.01. The van der Waals surface area contributed by atoms with E-state index in [-0.39, 0.29) is 0 Å². The molecule has 0 spiro atoms. The summed E-state index contributed by atoms with van der Waals surface area (Å²) in [5, 5.41) is 0. The highest BCUT2D eigenvalue weighted by Crippen LogP contribution is 2.15. The average molecular weight is 216 g/mol. The highest BCUT2D eigenvalue weighted by atomic mass is 79.9. The van der Waals surface area contributed by atoms with E-state index in [4.69, 9.17) is 4.74 Å². The normalized spacial score (nSPS) is 9.64. The van der Waals surface area contributed by atoms with Gasteiger partial charge in [0.25, 0.3) is 0 Å². The van der Waals surface area contributed by atoms with Crippen molar-refractivity contribution in [3.63, 3.8) is 0 Å². The highest BCUT2D eigenvalue weighted by Gasteiger charge is 1.92. The highest BCUT2D eigenvalue weighted by molar-refractivity contribution is 9.10. The lowest BCUT2D eigenvalue weighted by atomic mass is 10.4. The van der Waals surface area contributed by atoms with E-state index in [1.165, 1.54) is 0 Å². The number of hydrogen-bond donors (Lipinski definition) is 0. The van der Waals surface area contributed by atoms with Gasteiger partial charge in [0, 0.05) is 10.7 Å². The van der Waals surface area contributed by atoms with Crippen LogP contribution in [0.25, 0.3) is 0 Å². The van der Waals surface area contributed by atoms with E-state index in [0.29, 0.717) is 0 Å². The Labute approximate surface area is 74.7 Å². The summed E-state index contributed by atoms with van der Waals surface area (Å²) in [6.45, 7) is 2.82. The van der Waals surface area contributed by atoms with Gasteiger partial charge in [0.2, 0.25) is 0 Å². The molecule has 0 N–H and O–H groups in total. The summed E-state index contributed by atoms with van der Waals surface area (Å²) >= 11 is 3.31. The second-order valence-corrected chi connectivity index (χ2v) is 3.10. The Kier molecular flexibility index (Phi) is 3.36. The van der Waals surface area contributed by atoms with E-state index in [2.05, 4.69) is 27.8 Å². The van der Waals surface area contributed by atoms with Crippen LogP contribution in [0.1, 0.15) is 13.3 Å². The van der Waals surface area contributed by atoms with Crippen molar-refractivity contribution in [2.45, 2.75) is 13.3 Å². The molecule has 11 heavy (non-hydrogen) atoms. The van der Waals surface area contributed by atoms with Crippen LogP contribution in [0.4, 0.5) is 0 Å². The van der Waals surface area contributed by atoms with Crippen molar-refractivity contribution in [2.75, 3.05) is 6.61 Å². The maximum atomic E-state index is 5.34. The number of aromatic nitrogens is 1. The predicted molar refractivity (Wildman–Crippen MR) is 47.7 cm³/mol. The first kappa shape index (κ1) is 8.53. The Bertz CT molecular complexity index is 227. The maximum absolute atomic E-state index is 5.34. The van der Waals surface area contributed by atoms with Crippen LogP contribution in [0.15, 0.2) is 22.9 Å². The molecule has 0 fully saturated rings. The lowest BCUT2D eigenvalue weighted by Gasteiger charge is -2.02. The molecule has 0 aliphatic rings. The quantitative estimate of drug-likeness (QED) is 0.774. The minimum Gasteiger partial charge on any atom is -0.492 e. The lowest BCUT2D eigenvalue weighted by Crippen LogP contribution is -1.94. The summed E-state index contributed by atoms with van der Waals surface area (Å²) in [5.74, 6) is 0.821. The van der Waals surface area contributed by atoms with E-state index in [0.717, 1.165) is 23.2 Å². The number of pyridine rings is 1. The summed E-state index contributed by atoms with van der Waals surface area (Å²) in [5.41, 5.74) is 0. The van der Waals surface area contributed by atoms with Crippen LogP contribution in [0.3, 0.4) is 0 Å². The lowest BCUT2D eigenvalue weighted by molar-refractivity contribution is 0.316. The monoisotopic (exact) mass is 215 g/mol. The molecule has 0 unspecified atom stereocenters. The fraction of sp³-hybridized carbons (Fsp3) is 0.375. The molecule has 0 aliphatic carbocycles. The van der Waals surface area contributed by atoms with Crippen LogP contribution in [-0.2, 0) is 0 Å². The van der Waals surface area contributed by atoms with Crippen molar-refractivity contribution in [1.29, 1.82) is 0 Å². The van der Waals surface area contributed by atoms with Gasteiger partial charge in [0.15, 0.2) is 0 Å². The molecule has 0 amide bonds. The van der Waals surface area contributed by atoms with Crippen molar-refractivity contribution in [3.05, 3.63) is 22.9 Å². The molecule has 60 valence electrons. The van der Waals surface area contributed by atoms with Gasteiger partial charge in [0.05, 0.1) is 12.8 Å². The van der Waals surface area contributed by atoms with Crippen LogP contribution < -0.4 is 4.74 Å². The molecule has 1 heterocycles. The zero-order valence-corrected chi connectivity index (χ0v) is 7.97. The van der Waals surface area contributed by atoms with Gasteiger partial charge in [-0.3, -0.25) is 4.98 Å². The van der Waals surface area contributed by atoms with Crippen molar-refractivity contribution >= 4 is 15.9 Å². The van der Waals surface area contributed by atoms with Gasteiger partial charge in [-0.05, 0) is 28.4 Å². The Morgan fingerprint density at radius 3 is 3.00 bits per heavy atom. The van der Waals surface area contributed by atoms with Crippen molar-refractivity contribution < 1.29 is 4.74 Å². The van der Waals surface area contributed by atoms with E-state index in [1.807, 2.05) is 6.07 Å². The van der Waals surface area contributed by atoms with Crippen LogP contribution >= 0.6 is 15.9 Å². The third-order valence-corrected chi connectivity index (χ3v) is 1.59. The van der Waals surface area contributed by atoms with Gasteiger partial charge in [-0.2, -0.15) is 0 Å². The molecule has 0 saturated carbocycles. The second-order valence-electron chi connectivity index (χ2n) is 2.19. The number of ether oxygens (including phenoxy) is 1. The molecule has 1 aromatic rings. The van der Waals surface area contributed by atoms with Gasteiger partial charge >= 0.3 is 0 Å². The van der Waals surface area contributed by atoms with Gasteiger partial charge in [0.1, 0.15) is 5.75 Å². The molecule has 0 atom stereocenters. The van der Waals surface area contributed by atoms with E-state index in [9.17, 15) is 0 Å². The molecule has 2 nitrogen and oxygen atoms in total. The molecule has 0 radical (unpaired) electrons. The van der Waals surface area contributed by atoms with Gasteiger partial charge in [-0.25, -0.2) is 0 Å². The fourth-order valence-electron chi connectivity index (χ4n) is 0.691. The zero-order chi connectivity index (χ0) is 8.10. The Balaban J connectivity index is 2.56. The van der Waals surface area contributed by atoms with Crippen molar-refractivity contribution in [1.82, 2.24) is 4.98 Å². The summed E-state index contributed by atoms with van der Waals surface area (Å²) in [4.78, 5) is 3.97. The topological polar surface area (TPSA) is 22.1 Å². The smallest absolute Gasteiger partial charge is 0.138 e. The molecule has 3 heteroatoms. The van der Waals surface area contributed by atoms with Gasteiger partial charge in [-0.1, -0.05) is 6.92 Å². The molecule has 0 saturated heterocycles. The first-order valence-corrected chi connectivity index (χ1v) is 4.35.